The van der Waals surface area contributed by atoms with E-state index in [9.17, 15) is 4.79 Å². The monoisotopic (exact) mass is 308 g/mol. The van der Waals surface area contributed by atoms with Crippen LogP contribution in [0.25, 0.3) is 0 Å². The molecule has 128 valence electrons. The minimum Gasteiger partial charge on any atom is -0.356 e. The van der Waals surface area contributed by atoms with Crippen LogP contribution < -0.4 is 11.1 Å². The molecule has 3 heteroatoms. The molecule has 3 unspecified atom stereocenters. The molecule has 2 aliphatic carbocycles. The summed E-state index contributed by atoms with van der Waals surface area (Å²) in [6.07, 6.45) is 11.8. The SMILES string of the molecule is CCCCCCNC(=O)CC[C@@H]1C2CCC(C)C(N)CC[C@H]21. The van der Waals surface area contributed by atoms with Crippen LogP contribution in [0.3, 0.4) is 0 Å². The van der Waals surface area contributed by atoms with E-state index in [-0.39, 0.29) is 5.91 Å². The van der Waals surface area contributed by atoms with Gasteiger partial charge in [0.25, 0.3) is 0 Å². The summed E-state index contributed by atoms with van der Waals surface area (Å²) in [5, 5.41) is 3.09. The maximum Gasteiger partial charge on any atom is 0.220 e. The number of hydrogen-bond acceptors (Lipinski definition) is 2. The normalized spacial score (nSPS) is 34.4. The number of carbonyl (C=O) groups is 1. The van der Waals surface area contributed by atoms with Gasteiger partial charge in [-0.2, -0.15) is 0 Å². The summed E-state index contributed by atoms with van der Waals surface area (Å²) < 4.78 is 0. The van der Waals surface area contributed by atoms with Crippen molar-refractivity contribution in [1.29, 1.82) is 0 Å². The molecular formula is C19H36N2O. The Kier molecular flexibility index (Phi) is 7.20. The second-order valence-corrected chi connectivity index (χ2v) is 7.74. The van der Waals surface area contributed by atoms with Crippen LogP contribution in [-0.2, 0) is 4.79 Å². The van der Waals surface area contributed by atoms with E-state index in [0.29, 0.717) is 12.0 Å². The maximum atomic E-state index is 11.9. The molecule has 0 radical (unpaired) electrons. The fraction of sp³-hybridized carbons (Fsp3) is 0.947. The molecule has 2 saturated carbocycles. The fourth-order valence-electron chi connectivity index (χ4n) is 4.31. The van der Waals surface area contributed by atoms with Gasteiger partial charge in [0.1, 0.15) is 0 Å². The largest absolute Gasteiger partial charge is 0.356 e. The van der Waals surface area contributed by atoms with Crippen molar-refractivity contribution < 1.29 is 4.79 Å². The third kappa shape index (κ3) is 5.26. The Morgan fingerprint density at radius 3 is 2.55 bits per heavy atom. The summed E-state index contributed by atoms with van der Waals surface area (Å²) in [6.45, 7) is 5.38. The predicted octanol–water partition coefficient (Wildman–Crippen LogP) is 3.86. The Hall–Kier alpha value is -0.570. The summed E-state index contributed by atoms with van der Waals surface area (Å²) in [4.78, 5) is 11.9. The zero-order chi connectivity index (χ0) is 15.9. The first-order chi connectivity index (χ1) is 10.6. The van der Waals surface area contributed by atoms with Gasteiger partial charge < -0.3 is 11.1 Å². The molecule has 0 saturated heterocycles. The topological polar surface area (TPSA) is 55.1 Å². The summed E-state index contributed by atoms with van der Waals surface area (Å²) >= 11 is 0. The summed E-state index contributed by atoms with van der Waals surface area (Å²) in [7, 11) is 0. The van der Waals surface area contributed by atoms with Crippen molar-refractivity contribution in [3.05, 3.63) is 0 Å². The first kappa shape index (κ1) is 17.8. The standard InChI is InChI=1S/C19H36N2O/c1-3-4-5-6-13-21-19(22)12-10-17-15-8-7-14(2)18(20)11-9-16(15)17/h14-18H,3-13,20H2,1-2H3,(H,21,22)/t14?,15?,16-,17-,18?/m1/s1. The molecule has 0 heterocycles. The molecule has 0 spiro atoms. The summed E-state index contributed by atoms with van der Waals surface area (Å²) in [5.41, 5.74) is 6.22. The van der Waals surface area contributed by atoms with Crippen LogP contribution in [0.4, 0.5) is 0 Å². The van der Waals surface area contributed by atoms with Crippen LogP contribution in [0.2, 0.25) is 0 Å². The Bertz CT molecular complexity index is 326. The van der Waals surface area contributed by atoms with Crippen molar-refractivity contribution in [3.63, 3.8) is 0 Å². The number of nitrogens with two attached hydrogens (primary N) is 1. The lowest BCUT2D eigenvalue weighted by Crippen LogP contribution is -2.29. The Morgan fingerprint density at radius 1 is 1.09 bits per heavy atom. The average Bonchev–Trinajstić information content (AvgIpc) is 3.17. The molecule has 1 amide bonds. The number of unbranched alkanes of at least 4 members (excludes halogenated alkanes) is 3. The molecule has 3 N–H and O–H groups in total. The van der Waals surface area contributed by atoms with Crippen LogP contribution in [0.15, 0.2) is 0 Å². The van der Waals surface area contributed by atoms with E-state index in [1.54, 1.807) is 0 Å². The van der Waals surface area contributed by atoms with Gasteiger partial charge in [0, 0.05) is 19.0 Å². The molecule has 5 atom stereocenters. The van der Waals surface area contributed by atoms with Crippen molar-refractivity contribution >= 4 is 5.91 Å². The van der Waals surface area contributed by atoms with Crippen molar-refractivity contribution in [2.24, 2.45) is 29.4 Å². The molecule has 0 aromatic heterocycles. The van der Waals surface area contributed by atoms with E-state index in [1.807, 2.05) is 0 Å². The van der Waals surface area contributed by atoms with E-state index in [2.05, 4.69) is 19.2 Å². The Balaban J connectivity index is 1.59. The zero-order valence-electron chi connectivity index (χ0n) is 14.7. The number of amides is 1. The van der Waals surface area contributed by atoms with Gasteiger partial charge in [0.05, 0.1) is 0 Å². The molecule has 2 rings (SSSR count). The van der Waals surface area contributed by atoms with Crippen molar-refractivity contribution in [1.82, 2.24) is 5.32 Å². The van der Waals surface area contributed by atoms with E-state index in [4.69, 9.17) is 5.73 Å². The van der Waals surface area contributed by atoms with Crippen molar-refractivity contribution in [2.45, 2.75) is 84.1 Å². The summed E-state index contributed by atoms with van der Waals surface area (Å²) in [6, 6.07) is 0.397. The van der Waals surface area contributed by atoms with E-state index >= 15 is 0 Å². The molecule has 0 aromatic carbocycles. The number of nitrogens with one attached hydrogen (secondary N) is 1. The number of rotatable bonds is 8. The van der Waals surface area contributed by atoms with Gasteiger partial charge in [-0.3, -0.25) is 4.79 Å². The lowest BCUT2D eigenvalue weighted by Gasteiger charge is -2.21. The minimum absolute atomic E-state index is 0.265. The van der Waals surface area contributed by atoms with Gasteiger partial charge in [0.2, 0.25) is 5.91 Å². The highest BCUT2D eigenvalue weighted by atomic mass is 16.1. The highest BCUT2D eigenvalue weighted by Crippen LogP contribution is 2.55. The lowest BCUT2D eigenvalue weighted by atomic mass is 9.89. The number of carbonyl (C=O) groups excluding carboxylic acids is 1. The third-order valence-electron chi connectivity index (χ3n) is 6.09. The quantitative estimate of drug-likeness (QED) is 0.669. The van der Waals surface area contributed by atoms with E-state index in [1.165, 1.54) is 44.9 Å². The van der Waals surface area contributed by atoms with Gasteiger partial charge >= 0.3 is 0 Å². The highest BCUT2D eigenvalue weighted by molar-refractivity contribution is 5.75. The molecule has 2 fully saturated rings. The third-order valence-corrected chi connectivity index (χ3v) is 6.09. The fourth-order valence-corrected chi connectivity index (χ4v) is 4.31. The smallest absolute Gasteiger partial charge is 0.220 e. The van der Waals surface area contributed by atoms with Gasteiger partial charge in [-0.25, -0.2) is 0 Å². The zero-order valence-corrected chi connectivity index (χ0v) is 14.7. The van der Waals surface area contributed by atoms with Gasteiger partial charge in [-0.05, 0) is 62.2 Å². The predicted molar refractivity (Wildman–Crippen MR) is 92.5 cm³/mol. The van der Waals surface area contributed by atoms with Crippen LogP contribution in [0, 0.1) is 23.7 Å². The van der Waals surface area contributed by atoms with Crippen LogP contribution in [0.5, 0.6) is 0 Å². The Labute approximate surface area is 136 Å². The van der Waals surface area contributed by atoms with Gasteiger partial charge in [-0.15, -0.1) is 0 Å². The molecule has 0 bridgehead atoms. The maximum absolute atomic E-state index is 11.9. The van der Waals surface area contributed by atoms with Crippen LogP contribution in [-0.4, -0.2) is 18.5 Å². The highest BCUT2D eigenvalue weighted by Gasteiger charge is 2.49. The van der Waals surface area contributed by atoms with E-state index < -0.39 is 0 Å². The second kappa shape index (κ2) is 8.90. The molecular weight excluding hydrogens is 272 g/mol. The minimum atomic E-state index is 0.265. The second-order valence-electron chi connectivity index (χ2n) is 7.74. The Morgan fingerprint density at radius 2 is 1.82 bits per heavy atom. The number of hydrogen-bond donors (Lipinski definition) is 2. The van der Waals surface area contributed by atoms with Crippen molar-refractivity contribution in [3.8, 4) is 0 Å². The van der Waals surface area contributed by atoms with E-state index in [0.717, 1.165) is 43.6 Å². The lowest BCUT2D eigenvalue weighted by molar-refractivity contribution is -0.121. The molecule has 3 nitrogen and oxygen atoms in total. The first-order valence-electron chi connectivity index (χ1n) is 9.65. The molecule has 0 aromatic rings. The van der Waals surface area contributed by atoms with Crippen LogP contribution in [0.1, 0.15) is 78.1 Å². The summed E-state index contributed by atoms with van der Waals surface area (Å²) in [5.74, 6) is 3.51. The number of fused-ring (bicyclic) bond motifs is 1. The first-order valence-corrected chi connectivity index (χ1v) is 9.65. The van der Waals surface area contributed by atoms with Crippen LogP contribution >= 0.6 is 0 Å². The molecule has 0 aliphatic heterocycles. The molecule has 2 aliphatic rings. The van der Waals surface area contributed by atoms with Crippen molar-refractivity contribution in [2.75, 3.05) is 6.54 Å². The average molecular weight is 309 g/mol. The van der Waals surface area contributed by atoms with Gasteiger partial charge in [0.15, 0.2) is 0 Å². The molecule has 22 heavy (non-hydrogen) atoms. The van der Waals surface area contributed by atoms with Gasteiger partial charge in [-0.1, -0.05) is 33.1 Å².